The molecule has 0 spiro atoms. The van der Waals surface area contributed by atoms with E-state index in [9.17, 15) is 19.2 Å². The van der Waals surface area contributed by atoms with E-state index in [4.69, 9.17) is 31.4 Å². The number of unbranched alkanes of at least 4 members (excludes halogenated alkanes) is 4. The summed E-state index contributed by atoms with van der Waals surface area (Å²) >= 11 is 0. The molecule has 0 radical (unpaired) electrons. The molecule has 1 unspecified atom stereocenters. The Morgan fingerprint density at radius 3 is 1.78 bits per heavy atom. The molecule has 0 saturated carbocycles. The monoisotopic (exact) mass is 618 g/mol. The number of carbonyl (C=O) groups is 4. The first-order valence-corrected chi connectivity index (χ1v) is 15.1. The lowest BCUT2D eigenvalue weighted by molar-refractivity contribution is -0.148. The van der Waals surface area contributed by atoms with Crippen LogP contribution in [0.1, 0.15) is 67.3 Å². The van der Waals surface area contributed by atoms with Gasteiger partial charge in [-0.15, -0.1) is 0 Å². The van der Waals surface area contributed by atoms with Crippen molar-refractivity contribution in [2.24, 2.45) is 0 Å². The van der Waals surface area contributed by atoms with Gasteiger partial charge >= 0.3 is 17.9 Å². The Labute approximate surface area is 263 Å². The maximum atomic E-state index is 12.9. The normalized spacial score (nSPS) is 11.3. The predicted molar refractivity (Wildman–Crippen MR) is 172 cm³/mol. The topological polar surface area (TPSA) is 186 Å². The molecule has 0 aromatic heterocycles. The summed E-state index contributed by atoms with van der Waals surface area (Å²) in [5, 5.41) is 2.80. The van der Waals surface area contributed by atoms with Crippen molar-refractivity contribution in [2.45, 2.75) is 63.8 Å². The predicted octanol–water partition coefficient (Wildman–Crippen LogP) is 4.59. The van der Waals surface area contributed by atoms with Gasteiger partial charge in [-0.05, 0) is 105 Å². The van der Waals surface area contributed by atoms with Crippen LogP contribution in [0, 0.1) is 0 Å². The van der Waals surface area contributed by atoms with E-state index < -0.39 is 18.0 Å². The maximum Gasteiger partial charge on any atom is 0.338 e. The van der Waals surface area contributed by atoms with Crippen LogP contribution >= 0.6 is 0 Å². The maximum absolute atomic E-state index is 12.9. The van der Waals surface area contributed by atoms with Crippen molar-refractivity contribution in [3.8, 4) is 5.75 Å². The highest BCUT2D eigenvalue weighted by Gasteiger charge is 2.23. The second kappa shape index (κ2) is 18.6. The van der Waals surface area contributed by atoms with Crippen molar-refractivity contribution < 1.29 is 33.4 Å². The van der Waals surface area contributed by atoms with Crippen molar-refractivity contribution >= 4 is 40.9 Å². The first-order valence-electron chi connectivity index (χ1n) is 15.1. The largest absolute Gasteiger partial charge is 0.464 e. The quantitative estimate of drug-likeness (QED) is 0.0680. The molecule has 11 nitrogen and oxygen atoms in total. The van der Waals surface area contributed by atoms with Crippen molar-refractivity contribution in [1.29, 1.82) is 0 Å². The van der Waals surface area contributed by atoms with Crippen LogP contribution in [0.25, 0.3) is 0 Å². The third-order valence-corrected chi connectivity index (χ3v) is 6.85. The molecule has 45 heavy (non-hydrogen) atoms. The molecule has 0 bridgehead atoms. The Morgan fingerprint density at radius 2 is 1.16 bits per heavy atom. The second-order valence-electron chi connectivity index (χ2n) is 10.7. The minimum absolute atomic E-state index is 0.162. The zero-order valence-electron chi connectivity index (χ0n) is 25.4. The summed E-state index contributed by atoms with van der Waals surface area (Å²) in [4.78, 5) is 49.7. The Kier molecular flexibility index (Phi) is 14.2. The molecule has 0 heterocycles. The van der Waals surface area contributed by atoms with Gasteiger partial charge in [0.05, 0.1) is 18.8 Å². The van der Waals surface area contributed by atoms with Crippen LogP contribution in [-0.4, -0.2) is 43.1 Å². The Balaban J connectivity index is 1.35. The fourth-order valence-electron chi connectivity index (χ4n) is 4.32. The zero-order chi connectivity index (χ0) is 32.4. The van der Waals surface area contributed by atoms with Crippen molar-refractivity contribution in [3.63, 3.8) is 0 Å². The number of esters is 3. The van der Waals surface area contributed by atoms with Crippen LogP contribution in [0.2, 0.25) is 0 Å². The van der Waals surface area contributed by atoms with Gasteiger partial charge in [-0.1, -0.05) is 12.1 Å². The molecule has 0 aliphatic heterocycles. The van der Waals surface area contributed by atoms with Gasteiger partial charge in [-0.2, -0.15) is 0 Å². The van der Waals surface area contributed by atoms with Gasteiger partial charge in [-0.25, -0.2) is 9.59 Å². The van der Waals surface area contributed by atoms with Gasteiger partial charge in [-0.3, -0.25) is 9.59 Å². The number of carbonyl (C=O) groups excluding carboxylic acids is 4. The summed E-state index contributed by atoms with van der Waals surface area (Å²) in [6.45, 7) is 0.399. The summed E-state index contributed by atoms with van der Waals surface area (Å²) < 4.78 is 16.0. The van der Waals surface area contributed by atoms with Gasteiger partial charge in [0, 0.05) is 36.3 Å². The molecule has 11 heteroatoms. The summed E-state index contributed by atoms with van der Waals surface area (Å²) in [6, 6.07) is 19.3. The summed E-state index contributed by atoms with van der Waals surface area (Å²) in [7, 11) is 0. The molecule has 0 aliphatic rings. The van der Waals surface area contributed by atoms with E-state index >= 15 is 0 Å². The molecular formula is C34H42N4O7. The number of hydrogen-bond acceptors (Lipinski definition) is 10. The summed E-state index contributed by atoms with van der Waals surface area (Å²) in [5.41, 5.74) is 20.1. The fraction of sp³-hybridized carbons (Fsp3) is 0.353. The molecule has 0 aliphatic carbocycles. The first kappa shape index (κ1) is 34.4. The van der Waals surface area contributed by atoms with Crippen molar-refractivity contribution in [2.75, 3.05) is 30.4 Å². The van der Waals surface area contributed by atoms with Gasteiger partial charge in [0.25, 0.3) is 0 Å². The van der Waals surface area contributed by atoms with E-state index in [-0.39, 0.29) is 44.4 Å². The minimum atomic E-state index is -0.864. The van der Waals surface area contributed by atoms with E-state index in [0.717, 1.165) is 5.56 Å². The second-order valence-corrected chi connectivity index (χ2v) is 10.7. The highest BCUT2D eigenvalue weighted by atomic mass is 16.5. The molecule has 0 fully saturated rings. The molecule has 240 valence electrons. The summed E-state index contributed by atoms with van der Waals surface area (Å²) in [6.07, 6.45) is 4.34. The average Bonchev–Trinajstić information content (AvgIpc) is 3.02. The standard InChI is InChI=1S/C34H42N4O7/c35-26-13-9-24(10-14-26)23-30(34(42)44-22-6-2-4-8-32(40)45-29-19-17-28(37)18-20-29)38-31(39)7-3-1-5-21-43-33(41)25-11-15-27(36)16-12-25/h9-20,30H,1-8,21-23,35-37H2,(H,38,39). The third kappa shape index (κ3) is 13.4. The third-order valence-electron chi connectivity index (χ3n) is 6.85. The van der Waals surface area contributed by atoms with E-state index in [1.165, 1.54) is 0 Å². The lowest BCUT2D eigenvalue weighted by Crippen LogP contribution is -2.43. The van der Waals surface area contributed by atoms with E-state index in [1.54, 1.807) is 72.8 Å². The molecule has 1 atom stereocenters. The molecule has 3 rings (SSSR count). The Hall–Kier alpha value is -5.06. The van der Waals surface area contributed by atoms with Crippen molar-refractivity contribution in [3.05, 3.63) is 83.9 Å². The van der Waals surface area contributed by atoms with Gasteiger partial charge in [0.15, 0.2) is 0 Å². The van der Waals surface area contributed by atoms with Crippen molar-refractivity contribution in [1.82, 2.24) is 5.32 Å². The summed E-state index contributed by atoms with van der Waals surface area (Å²) in [5.74, 6) is -1.13. The van der Waals surface area contributed by atoms with Crippen LogP contribution in [0.3, 0.4) is 0 Å². The number of ether oxygens (including phenoxy) is 3. The lowest BCUT2D eigenvalue weighted by Gasteiger charge is -2.18. The molecule has 1 amide bonds. The molecular weight excluding hydrogens is 576 g/mol. The SMILES string of the molecule is Nc1ccc(CC(NC(=O)CCCCCOC(=O)c2ccc(N)cc2)C(=O)OCCCCCC(=O)Oc2ccc(N)cc2)cc1. The lowest BCUT2D eigenvalue weighted by atomic mass is 10.0. The average molecular weight is 619 g/mol. The van der Waals surface area contributed by atoms with Crippen LogP contribution in [-0.2, 0) is 30.3 Å². The van der Waals surface area contributed by atoms with Crippen LogP contribution in [0.5, 0.6) is 5.75 Å². The van der Waals surface area contributed by atoms with Gasteiger partial charge in [0.1, 0.15) is 11.8 Å². The molecule has 3 aromatic carbocycles. The number of amides is 1. The van der Waals surface area contributed by atoms with Gasteiger partial charge in [0.2, 0.25) is 5.91 Å². The van der Waals surface area contributed by atoms with Crippen LogP contribution in [0.4, 0.5) is 17.1 Å². The number of nitrogens with two attached hydrogens (primary N) is 3. The number of nitrogen functional groups attached to an aromatic ring is 3. The van der Waals surface area contributed by atoms with E-state index in [1.807, 2.05) is 0 Å². The highest BCUT2D eigenvalue weighted by Crippen LogP contribution is 2.15. The first-order chi connectivity index (χ1) is 21.7. The smallest absolute Gasteiger partial charge is 0.338 e. The number of anilines is 3. The number of hydrogen-bond donors (Lipinski definition) is 4. The molecule has 0 saturated heterocycles. The van der Waals surface area contributed by atoms with Crippen LogP contribution in [0.15, 0.2) is 72.8 Å². The molecule has 7 N–H and O–H groups in total. The number of benzene rings is 3. The zero-order valence-corrected chi connectivity index (χ0v) is 25.4. The highest BCUT2D eigenvalue weighted by molar-refractivity contribution is 5.89. The van der Waals surface area contributed by atoms with E-state index in [2.05, 4.69) is 5.32 Å². The van der Waals surface area contributed by atoms with Crippen LogP contribution < -0.4 is 27.3 Å². The molecule has 3 aromatic rings. The fourth-order valence-corrected chi connectivity index (χ4v) is 4.32. The Morgan fingerprint density at radius 1 is 0.622 bits per heavy atom. The number of rotatable bonds is 18. The Bertz CT molecular complexity index is 1380. The minimum Gasteiger partial charge on any atom is -0.464 e. The van der Waals surface area contributed by atoms with Gasteiger partial charge < -0.3 is 36.7 Å². The van der Waals surface area contributed by atoms with E-state index in [0.29, 0.717) is 66.9 Å². The number of nitrogens with one attached hydrogen (secondary N) is 1.